The second-order valence-electron chi connectivity index (χ2n) is 5.75. The van der Waals surface area contributed by atoms with E-state index in [0.717, 1.165) is 37.8 Å². The van der Waals surface area contributed by atoms with Gasteiger partial charge >= 0.3 is 0 Å². The van der Waals surface area contributed by atoms with E-state index in [-0.39, 0.29) is 30.5 Å². The van der Waals surface area contributed by atoms with E-state index in [1.807, 2.05) is 4.90 Å². The van der Waals surface area contributed by atoms with Crippen molar-refractivity contribution < 1.29 is 9.53 Å². The molecule has 1 aliphatic carbocycles. The van der Waals surface area contributed by atoms with E-state index < -0.39 is 0 Å². The molecule has 3 aliphatic rings. The predicted molar refractivity (Wildman–Crippen MR) is 71.6 cm³/mol. The van der Waals surface area contributed by atoms with Crippen molar-refractivity contribution in [1.29, 1.82) is 0 Å². The van der Waals surface area contributed by atoms with Crippen LogP contribution in [0.25, 0.3) is 0 Å². The van der Waals surface area contributed by atoms with E-state index in [9.17, 15) is 4.79 Å². The summed E-state index contributed by atoms with van der Waals surface area (Å²) in [5.41, 5.74) is 5.57. The maximum Gasteiger partial charge on any atom is 0.251 e. The number of rotatable bonds is 2. The minimum absolute atomic E-state index is 0. The third-order valence-corrected chi connectivity index (χ3v) is 4.68. The lowest BCUT2D eigenvalue weighted by atomic mass is 10.0. The summed E-state index contributed by atoms with van der Waals surface area (Å²) in [6, 6.07) is 0. The molecule has 0 aromatic rings. The lowest BCUT2D eigenvalue weighted by molar-refractivity contribution is -0.142. The molecule has 4 nitrogen and oxygen atoms in total. The summed E-state index contributed by atoms with van der Waals surface area (Å²) in [5.74, 6) is 1.76. The Bertz CT molecular complexity index is 301. The highest BCUT2D eigenvalue weighted by atomic mass is 35.5. The molecule has 104 valence electrons. The summed E-state index contributed by atoms with van der Waals surface area (Å²) in [7, 11) is 0. The number of fused-ring (bicyclic) bond motifs is 1. The van der Waals surface area contributed by atoms with Crippen molar-refractivity contribution in [1.82, 2.24) is 4.90 Å². The van der Waals surface area contributed by atoms with Gasteiger partial charge in [-0.3, -0.25) is 4.79 Å². The average molecular weight is 275 g/mol. The fraction of sp³-hybridized carbons (Fsp3) is 0.923. The van der Waals surface area contributed by atoms with Gasteiger partial charge < -0.3 is 15.4 Å². The molecule has 0 aromatic carbocycles. The fourth-order valence-electron chi connectivity index (χ4n) is 3.68. The van der Waals surface area contributed by atoms with E-state index in [1.165, 1.54) is 19.3 Å². The van der Waals surface area contributed by atoms with Gasteiger partial charge in [-0.05, 0) is 37.5 Å². The Hall–Kier alpha value is -0.320. The molecule has 0 radical (unpaired) electrons. The SMILES string of the molecule is Cl.NC[C@H]1CC[C@@H](C(=O)N2CC3CCCC3C2)O1. The molecule has 0 aromatic heterocycles. The summed E-state index contributed by atoms with van der Waals surface area (Å²) in [5, 5.41) is 0. The summed E-state index contributed by atoms with van der Waals surface area (Å²) in [6.45, 7) is 2.47. The molecule has 3 fully saturated rings. The molecule has 18 heavy (non-hydrogen) atoms. The van der Waals surface area contributed by atoms with E-state index in [1.54, 1.807) is 0 Å². The normalized spacial score (nSPS) is 38.6. The van der Waals surface area contributed by atoms with Crippen LogP contribution in [-0.2, 0) is 9.53 Å². The first-order valence-corrected chi connectivity index (χ1v) is 6.92. The van der Waals surface area contributed by atoms with Gasteiger partial charge in [0.1, 0.15) is 6.10 Å². The van der Waals surface area contributed by atoms with E-state index in [0.29, 0.717) is 6.54 Å². The van der Waals surface area contributed by atoms with Crippen LogP contribution >= 0.6 is 12.4 Å². The average Bonchev–Trinajstić information content (AvgIpc) is 3.02. The third-order valence-electron chi connectivity index (χ3n) is 4.68. The van der Waals surface area contributed by atoms with Gasteiger partial charge in [-0.15, -0.1) is 12.4 Å². The Balaban J connectivity index is 0.00000120. The second-order valence-corrected chi connectivity index (χ2v) is 5.75. The minimum Gasteiger partial charge on any atom is -0.364 e. The lowest BCUT2D eigenvalue weighted by Crippen LogP contribution is -2.38. The lowest BCUT2D eigenvalue weighted by Gasteiger charge is -2.21. The van der Waals surface area contributed by atoms with Crippen LogP contribution in [0.3, 0.4) is 0 Å². The van der Waals surface area contributed by atoms with Crippen molar-refractivity contribution in [2.24, 2.45) is 17.6 Å². The Kier molecular flexibility index (Phi) is 4.51. The molecule has 2 unspecified atom stereocenters. The first-order valence-electron chi connectivity index (χ1n) is 6.92. The fourth-order valence-corrected chi connectivity index (χ4v) is 3.68. The van der Waals surface area contributed by atoms with E-state index in [2.05, 4.69) is 0 Å². The first-order chi connectivity index (χ1) is 8.28. The highest BCUT2D eigenvalue weighted by Gasteiger charge is 2.41. The number of nitrogens with zero attached hydrogens (tertiary/aromatic N) is 1. The van der Waals surface area contributed by atoms with Crippen LogP contribution in [0.4, 0.5) is 0 Å². The molecular formula is C13H23ClN2O2. The molecule has 0 bridgehead atoms. The number of ether oxygens (including phenoxy) is 1. The molecule has 2 heterocycles. The van der Waals surface area contributed by atoms with Crippen LogP contribution in [0.15, 0.2) is 0 Å². The first kappa shape index (κ1) is 14.1. The monoisotopic (exact) mass is 274 g/mol. The van der Waals surface area contributed by atoms with Crippen molar-refractivity contribution in [3.63, 3.8) is 0 Å². The van der Waals surface area contributed by atoms with Crippen molar-refractivity contribution in [2.45, 2.75) is 44.3 Å². The molecule has 0 spiro atoms. The van der Waals surface area contributed by atoms with Gasteiger partial charge in [0, 0.05) is 19.6 Å². The largest absolute Gasteiger partial charge is 0.364 e. The Morgan fingerprint density at radius 2 is 1.83 bits per heavy atom. The molecule has 2 saturated heterocycles. The predicted octanol–water partition coefficient (Wildman–Crippen LogP) is 1.17. The number of hydrogen-bond acceptors (Lipinski definition) is 3. The van der Waals surface area contributed by atoms with Crippen LogP contribution < -0.4 is 5.73 Å². The Morgan fingerprint density at radius 1 is 1.17 bits per heavy atom. The highest BCUT2D eigenvalue weighted by molar-refractivity contribution is 5.85. The number of carbonyl (C=O) groups is 1. The summed E-state index contributed by atoms with van der Waals surface area (Å²) < 4.78 is 5.69. The minimum atomic E-state index is -0.206. The molecule has 4 atom stereocenters. The van der Waals surface area contributed by atoms with Gasteiger partial charge in [0.15, 0.2) is 0 Å². The van der Waals surface area contributed by atoms with Crippen LogP contribution in [0.5, 0.6) is 0 Å². The zero-order valence-electron chi connectivity index (χ0n) is 10.7. The number of hydrogen-bond donors (Lipinski definition) is 1. The van der Waals surface area contributed by atoms with Crippen LogP contribution in [0.2, 0.25) is 0 Å². The maximum absolute atomic E-state index is 12.3. The van der Waals surface area contributed by atoms with Gasteiger partial charge in [0.25, 0.3) is 5.91 Å². The summed E-state index contributed by atoms with van der Waals surface area (Å²) in [4.78, 5) is 14.3. The summed E-state index contributed by atoms with van der Waals surface area (Å²) >= 11 is 0. The van der Waals surface area contributed by atoms with Crippen LogP contribution in [-0.4, -0.2) is 42.6 Å². The highest BCUT2D eigenvalue weighted by Crippen LogP contribution is 2.38. The maximum atomic E-state index is 12.3. The summed E-state index contributed by atoms with van der Waals surface area (Å²) in [6.07, 6.45) is 5.66. The topological polar surface area (TPSA) is 55.6 Å². The third kappa shape index (κ3) is 2.51. The van der Waals surface area contributed by atoms with E-state index in [4.69, 9.17) is 10.5 Å². The number of amides is 1. The zero-order chi connectivity index (χ0) is 11.8. The van der Waals surface area contributed by atoms with Gasteiger partial charge in [-0.1, -0.05) is 6.42 Å². The van der Waals surface area contributed by atoms with Gasteiger partial charge in [0.2, 0.25) is 0 Å². The van der Waals surface area contributed by atoms with E-state index >= 15 is 0 Å². The van der Waals surface area contributed by atoms with Crippen molar-refractivity contribution in [2.75, 3.05) is 19.6 Å². The van der Waals surface area contributed by atoms with Gasteiger partial charge in [-0.25, -0.2) is 0 Å². The molecule has 5 heteroatoms. The quantitative estimate of drug-likeness (QED) is 0.823. The molecule has 2 N–H and O–H groups in total. The van der Waals surface area contributed by atoms with Crippen molar-refractivity contribution in [3.05, 3.63) is 0 Å². The number of likely N-dealkylation sites (tertiary alicyclic amines) is 1. The molecule has 3 rings (SSSR count). The number of halogens is 1. The molecular weight excluding hydrogens is 252 g/mol. The standard InChI is InChI=1S/C13H22N2O2.ClH/c14-6-11-4-5-12(17-11)13(16)15-7-9-2-1-3-10(9)8-15;/h9-12H,1-8,14H2;1H/t9?,10?,11-,12+;/m1./s1. The molecule has 2 aliphatic heterocycles. The smallest absolute Gasteiger partial charge is 0.251 e. The Labute approximate surface area is 115 Å². The Morgan fingerprint density at radius 3 is 2.39 bits per heavy atom. The molecule has 1 amide bonds. The van der Waals surface area contributed by atoms with Crippen LogP contribution in [0, 0.1) is 11.8 Å². The zero-order valence-corrected chi connectivity index (χ0v) is 11.5. The van der Waals surface area contributed by atoms with Crippen LogP contribution in [0.1, 0.15) is 32.1 Å². The number of nitrogens with two attached hydrogens (primary N) is 1. The van der Waals surface area contributed by atoms with Gasteiger partial charge in [-0.2, -0.15) is 0 Å². The van der Waals surface area contributed by atoms with Crippen molar-refractivity contribution >= 4 is 18.3 Å². The second kappa shape index (κ2) is 5.76. The molecule has 1 saturated carbocycles. The van der Waals surface area contributed by atoms with Crippen molar-refractivity contribution in [3.8, 4) is 0 Å². The number of carbonyl (C=O) groups excluding carboxylic acids is 1. The van der Waals surface area contributed by atoms with Gasteiger partial charge in [0.05, 0.1) is 6.10 Å².